The number of phenols is 1. The molecule has 0 aromatic heterocycles. The zero-order valence-electron chi connectivity index (χ0n) is 6.69. The molecule has 1 rings (SSSR count). The summed E-state index contributed by atoms with van der Waals surface area (Å²) < 4.78 is 0. The third kappa shape index (κ3) is 1.80. The van der Waals surface area contributed by atoms with Crippen molar-refractivity contribution in [1.29, 1.82) is 0 Å². The van der Waals surface area contributed by atoms with Gasteiger partial charge in [0.15, 0.2) is 5.12 Å². The molecule has 12 heavy (non-hydrogen) atoms. The minimum Gasteiger partial charge on any atom is -0.508 e. The molecule has 0 aliphatic heterocycles. The quantitative estimate of drug-likeness (QED) is 0.686. The number of carbonyl (C=O) groups excluding carboxylic acids is 1. The number of benzene rings is 1. The van der Waals surface area contributed by atoms with Crippen LogP contribution in [0.3, 0.4) is 0 Å². The molecule has 0 heterocycles. The number of aromatic hydroxyl groups is 1. The highest BCUT2D eigenvalue weighted by Crippen LogP contribution is 2.26. The molecular formula is C9H10O2S. The molecule has 1 atom stereocenters. The lowest BCUT2D eigenvalue weighted by Crippen LogP contribution is -2.01. The van der Waals surface area contributed by atoms with Crippen LogP contribution in [0.5, 0.6) is 5.75 Å². The van der Waals surface area contributed by atoms with E-state index in [9.17, 15) is 9.90 Å². The fourth-order valence-electron chi connectivity index (χ4n) is 0.987. The largest absolute Gasteiger partial charge is 0.508 e. The average molecular weight is 182 g/mol. The average Bonchev–Trinajstić information content (AvgIpc) is 2.04. The molecule has 0 amide bonds. The number of thiol groups is 1. The smallest absolute Gasteiger partial charge is 0.193 e. The second-order valence-corrected chi connectivity index (χ2v) is 3.06. The Kier molecular flexibility index (Phi) is 2.76. The standard InChI is InChI=1S/C9H10O2S/c1-6(9(11)12)7-4-2-3-5-8(7)10/h2-6,10H,1H3,(H,11,12). The van der Waals surface area contributed by atoms with Gasteiger partial charge in [0.25, 0.3) is 0 Å². The third-order valence-electron chi connectivity index (χ3n) is 1.77. The zero-order valence-corrected chi connectivity index (χ0v) is 7.58. The van der Waals surface area contributed by atoms with Gasteiger partial charge in [0.2, 0.25) is 0 Å². The van der Waals surface area contributed by atoms with Crippen LogP contribution in [0.15, 0.2) is 24.3 Å². The number of hydrogen-bond donors (Lipinski definition) is 2. The fraction of sp³-hybridized carbons (Fsp3) is 0.222. The molecule has 0 saturated carbocycles. The Hall–Kier alpha value is -0.960. The van der Waals surface area contributed by atoms with E-state index in [0.717, 1.165) is 0 Å². The van der Waals surface area contributed by atoms with Crippen molar-refractivity contribution in [3.8, 4) is 5.75 Å². The minimum atomic E-state index is -0.352. The lowest BCUT2D eigenvalue weighted by atomic mass is 10.0. The lowest BCUT2D eigenvalue weighted by Gasteiger charge is -2.08. The maximum absolute atomic E-state index is 10.8. The Morgan fingerprint density at radius 1 is 1.50 bits per heavy atom. The van der Waals surface area contributed by atoms with Crippen molar-refractivity contribution >= 4 is 17.7 Å². The van der Waals surface area contributed by atoms with Gasteiger partial charge in [-0.1, -0.05) is 25.1 Å². The van der Waals surface area contributed by atoms with E-state index < -0.39 is 0 Å². The highest BCUT2D eigenvalue weighted by Gasteiger charge is 2.14. The number of hydrogen-bond acceptors (Lipinski definition) is 2. The molecule has 0 fully saturated rings. The molecule has 0 bridgehead atoms. The van der Waals surface area contributed by atoms with E-state index in [4.69, 9.17) is 0 Å². The number of para-hydroxylation sites is 1. The van der Waals surface area contributed by atoms with E-state index in [1.165, 1.54) is 0 Å². The van der Waals surface area contributed by atoms with E-state index in [-0.39, 0.29) is 16.8 Å². The van der Waals surface area contributed by atoms with Crippen LogP contribution in [0.2, 0.25) is 0 Å². The van der Waals surface area contributed by atoms with Gasteiger partial charge >= 0.3 is 0 Å². The van der Waals surface area contributed by atoms with Crippen LogP contribution in [0.1, 0.15) is 18.4 Å². The highest BCUT2D eigenvalue weighted by atomic mass is 32.1. The van der Waals surface area contributed by atoms with Crippen LogP contribution in [0.25, 0.3) is 0 Å². The number of phenolic OH excluding ortho intramolecular Hbond substituents is 1. The predicted molar refractivity (Wildman–Crippen MR) is 50.5 cm³/mol. The van der Waals surface area contributed by atoms with Gasteiger partial charge in [0.05, 0.1) is 5.92 Å². The number of carbonyl (C=O) groups is 1. The van der Waals surface area contributed by atoms with Gasteiger partial charge in [-0.15, -0.1) is 12.6 Å². The Morgan fingerprint density at radius 3 is 2.58 bits per heavy atom. The van der Waals surface area contributed by atoms with Gasteiger partial charge in [-0.25, -0.2) is 0 Å². The van der Waals surface area contributed by atoms with Gasteiger partial charge in [-0.05, 0) is 6.07 Å². The van der Waals surface area contributed by atoms with Crippen LogP contribution >= 0.6 is 12.6 Å². The van der Waals surface area contributed by atoms with Crippen molar-refractivity contribution in [3.05, 3.63) is 29.8 Å². The Balaban J connectivity index is 3.02. The molecule has 0 radical (unpaired) electrons. The SMILES string of the molecule is CC(C(=O)S)c1ccccc1O. The third-order valence-corrected chi connectivity index (χ3v) is 2.16. The second kappa shape index (κ2) is 3.63. The Labute approximate surface area is 76.6 Å². The van der Waals surface area contributed by atoms with E-state index in [1.807, 2.05) is 0 Å². The van der Waals surface area contributed by atoms with Gasteiger partial charge in [-0.3, -0.25) is 4.79 Å². The van der Waals surface area contributed by atoms with Crippen molar-refractivity contribution in [3.63, 3.8) is 0 Å². The van der Waals surface area contributed by atoms with Crippen LogP contribution < -0.4 is 0 Å². The molecule has 1 aromatic carbocycles. The summed E-state index contributed by atoms with van der Waals surface area (Å²) in [5, 5.41) is 9.10. The maximum atomic E-state index is 10.8. The molecule has 1 N–H and O–H groups in total. The fourth-order valence-corrected chi connectivity index (χ4v) is 1.13. The van der Waals surface area contributed by atoms with Crippen molar-refractivity contribution in [1.82, 2.24) is 0 Å². The first kappa shape index (κ1) is 9.13. The first-order chi connectivity index (χ1) is 5.63. The predicted octanol–water partition coefficient (Wildman–Crippen LogP) is 1.95. The van der Waals surface area contributed by atoms with Crippen LogP contribution in [0.4, 0.5) is 0 Å². The highest BCUT2D eigenvalue weighted by molar-refractivity contribution is 7.96. The summed E-state index contributed by atoms with van der Waals surface area (Å²) in [7, 11) is 0. The summed E-state index contributed by atoms with van der Waals surface area (Å²) >= 11 is 3.70. The molecule has 2 nitrogen and oxygen atoms in total. The first-order valence-corrected chi connectivity index (χ1v) is 4.08. The molecule has 0 spiro atoms. The monoisotopic (exact) mass is 182 g/mol. The molecule has 3 heteroatoms. The van der Waals surface area contributed by atoms with Crippen molar-refractivity contribution in [2.75, 3.05) is 0 Å². The van der Waals surface area contributed by atoms with Gasteiger partial charge in [0.1, 0.15) is 5.75 Å². The van der Waals surface area contributed by atoms with Gasteiger partial charge in [-0.2, -0.15) is 0 Å². The van der Waals surface area contributed by atoms with Gasteiger partial charge < -0.3 is 5.11 Å². The van der Waals surface area contributed by atoms with Gasteiger partial charge in [0, 0.05) is 5.56 Å². The summed E-state index contributed by atoms with van der Waals surface area (Å²) in [6.07, 6.45) is 0. The summed E-state index contributed by atoms with van der Waals surface area (Å²) in [6.45, 7) is 1.71. The second-order valence-electron chi connectivity index (χ2n) is 2.62. The molecular weight excluding hydrogens is 172 g/mol. The minimum absolute atomic E-state index is 0.146. The van der Waals surface area contributed by atoms with Crippen molar-refractivity contribution < 1.29 is 9.90 Å². The van der Waals surface area contributed by atoms with Crippen LogP contribution in [0, 0.1) is 0 Å². The Morgan fingerprint density at radius 2 is 2.08 bits per heavy atom. The summed E-state index contributed by atoms with van der Waals surface area (Å²) in [4.78, 5) is 10.8. The van der Waals surface area contributed by atoms with E-state index in [0.29, 0.717) is 5.56 Å². The van der Waals surface area contributed by atoms with E-state index >= 15 is 0 Å². The molecule has 1 aromatic rings. The maximum Gasteiger partial charge on any atom is 0.193 e. The molecule has 0 aliphatic rings. The Bertz CT molecular complexity index is 296. The number of rotatable bonds is 2. The molecule has 64 valence electrons. The lowest BCUT2D eigenvalue weighted by molar-refractivity contribution is -0.111. The molecule has 1 unspecified atom stereocenters. The van der Waals surface area contributed by atoms with E-state index in [2.05, 4.69) is 12.6 Å². The zero-order chi connectivity index (χ0) is 9.14. The van der Waals surface area contributed by atoms with Crippen LogP contribution in [-0.2, 0) is 4.79 Å². The summed E-state index contributed by atoms with van der Waals surface area (Å²) in [6, 6.07) is 6.77. The summed E-state index contributed by atoms with van der Waals surface area (Å²) in [5.41, 5.74) is 0.623. The van der Waals surface area contributed by atoms with Crippen molar-refractivity contribution in [2.24, 2.45) is 0 Å². The molecule has 0 aliphatic carbocycles. The normalized spacial score (nSPS) is 12.5. The van der Waals surface area contributed by atoms with Crippen LogP contribution in [-0.4, -0.2) is 10.2 Å². The summed E-state index contributed by atoms with van der Waals surface area (Å²) in [5.74, 6) is -0.207. The molecule has 0 saturated heterocycles. The first-order valence-electron chi connectivity index (χ1n) is 3.63. The van der Waals surface area contributed by atoms with E-state index in [1.54, 1.807) is 31.2 Å². The van der Waals surface area contributed by atoms with Crippen molar-refractivity contribution in [2.45, 2.75) is 12.8 Å². The topological polar surface area (TPSA) is 37.3 Å².